The second kappa shape index (κ2) is 6.70. The smallest absolute Gasteiger partial charge is 0.272 e. The van der Waals surface area contributed by atoms with Gasteiger partial charge in [-0.1, -0.05) is 12.1 Å². The Balaban J connectivity index is 1.91. The number of aromatic nitrogens is 3. The van der Waals surface area contributed by atoms with Gasteiger partial charge in [0.25, 0.3) is 5.91 Å². The molecule has 0 aliphatic heterocycles. The van der Waals surface area contributed by atoms with Gasteiger partial charge in [-0.3, -0.25) is 14.5 Å². The molecule has 2 heterocycles. The number of benzene rings is 1. The molecule has 0 saturated carbocycles. The van der Waals surface area contributed by atoms with Crippen LogP contribution in [0.25, 0.3) is 10.9 Å². The zero-order valence-corrected chi connectivity index (χ0v) is 14.1. The van der Waals surface area contributed by atoms with Crippen molar-refractivity contribution < 1.29 is 9.53 Å². The predicted molar refractivity (Wildman–Crippen MR) is 92.0 cm³/mol. The van der Waals surface area contributed by atoms with E-state index in [-0.39, 0.29) is 5.91 Å². The minimum Gasteiger partial charge on any atom is -0.494 e. The average molecular weight is 324 g/mol. The van der Waals surface area contributed by atoms with E-state index in [1.165, 1.54) is 0 Å². The quantitative estimate of drug-likeness (QED) is 0.724. The molecule has 0 unspecified atom stereocenters. The fourth-order valence-corrected chi connectivity index (χ4v) is 2.80. The van der Waals surface area contributed by atoms with Gasteiger partial charge in [-0.25, -0.2) is 0 Å². The molecule has 3 rings (SSSR count). The number of hydrogen-bond donors (Lipinski definition) is 0. The molecule has 0 bridgehead atoms. The van der Waals surface area contributed by atoms with Gasteiger partial charge >= 0.3 is 0 Å². The molecule has 0 radical (unpaired) electrons. The largest absolute Gasteiger partial charge is 0.494 e. The van der Waals surface area contributed by atoms with E-state index < -0.39 is 0 Å². The molecule has 0 aliphatic rings. The summed E-state index contributed by atoms with van der Waals surface area (Å²) in [6.45, 7) is 3.11. The van der Waals surface area contributed by atoms with Gasteiger partial charge in [-0.15, -0.1) is 0 Å². The maximum atomic E-state index is 12.7. The molecule has 0 N–H and O–H groups in total. The first kappa shape index (κ1) is 16.0. The van der Waals surface area contributed by atoms with Gasteiger partial charge in [0, 0.05) is 37.9 Å². The third-order valence-electron chi connectivity index (χ3n) is 4.03. The van der Waals surface area contributed by atoms with Crippen LogP contribution in [-0.4, -0.2) is 39.7 Å². The summed E-state index contributed by atoms with van der Waals surface area (Å²) < 4.78 is 7.07. The molecule has 2 aromatic heterocycles. The Bertz CT molecular complexity index is 872. The molecule has 0 aliphatic carbocycles. The lowest BCUT2D eigenvalue weighted by Gasteiger charge is -2.19. The van der Waals surface area contributed by atoms with Crippen LogP contribution in [0.5, 0.6) is 5.75 Å². The van der Waals surface area contributed by atoms with E-state index in [1.54, 1.807) is 42.2 Å². The van der Waals surface area contributed by atoms with Gasteiger partial charge in [0.15, 0.2) is 0 Å². The summed E-state index contributed by atoms with van der Waals surface area (Å²) in [5.41, 5.74) is 2.42. The highest BCUT2D eigenvalue weighted by Crippen LogP contribution is 2.27. The molecule has 0 spiro atoms. The van der Waals surface area contributed by atoms with Crippen molar-refractivity contribution in [3.05, 3.63) is 54.0 Å². The van der Waals surface area contributed by atoms with E-state index >= 15 is 0 Å². The van der Waals surface area contributed by atoms with Crippen LogP contribution in [0.15, 0.2) is 42.7 Å². The number of hydrogen-bond acceptors (Lipinski definition) is 4. The molecular weight excluding hydrogens is 304 g/mol. The van der Waals surface area contributed by atoms with E-state index in [0.717, 1.165) is 22.2 Å². The predicted octanol–water partition coefficient (Wildman–Crippen LogP) is 2.73. The van der Waals surface area contributed by atoms with Crippen molar-refractivity contribution in [2.24, 2.45) is 0 Å². The molecule has 0 saturated heterocycles. The van der Waals surface area contributed by atoms with Crippen LogP contribution in [-0.2, 0) is 13.1 Å². The van der Waals surface area contributed by atoms with Crippen molar-refractivity contribution in [1.29, 1.82) is 0 Å². The second-order valence-corrected chi connectivity index (χ2v) is 5.52. The maximum Gasteiger partial charge on any atom is 0.272 e. The number of ether oxygens (including phenoxy) is 1. The highest BCUT2D eigenvalue weighted by molar-refractivity contribution is 5.93. The van der Waals surface area contributed by atoms with Gasteiger partial charge in [-0.2, -0.15) is 5.10 Å². The summed E-state index contributed by atoms with van der Waals surface area (Å²) in [6, 6.07) is 9.49. The molecule has 0 fully saturated rings. The zero-order valence-electron chi connectivity index (χ0n) is 14.1. The minimum atomic E-state index is -0.0535. The Morgan fingerprint density at radius 1 is 1.25 bits per heavy atom. The third kappa shape index (κ3) is 2.82. The molecule has 3 aromatic rings. The number of rotatable bonds is 5. The Hall–Kier alpha value is -2.89. The first-order valence-corrected chi connectivity index (χ1v) is 7.83. The topological polar surface area (TPSA) is 60.2 Å². The minimum absolute atomic E-state index is 0.0535. The van der Waals surface area contributed by atoms with Crippen molar-refractivity contribution in [1.82, 2.24) is 19.7 Å². The van der Waals surface area contributed by atoms with E-state index in [2.05, 4.69) is 10.1 Å². The number of nitrogens with zero attached hydrogens (tertiary/aromatic N) is 4. The van der Waals surface area contributed by atoms with E-state index in [1.807, 2.05) is 31.2 Å². The molecular formula is C18H20N4O2. The van der Waals surface area contributed by atoms with Crippen molar-refractivity contribution in [2.45, 2.75) is 20.0 Å². The Kier molecular flexibility index (Phi) is 4.46. The number of methoxy groups -OCH3 is 1. The lowest BCUT2D eigenvalue weighted by Crippen LogP contribution is -2.28. The summed E-state index contributed by atoms with van der Waals surface area (Å²) in [7, 11) is 3.42. The van der Waals surface area contributed by atoms with Crippen LogP contribution in [0.4, 0.5) is 0 Å². The van der Waals surface area contributed by atoms with Crippen molar-refractivity contribution in [2.75, 3.05) is 14.2 Å². The molecule has 124 valence electrons. The molecule has 0 atom stereocenters. The third-order valence-corrected chi connectivity index (χ3v) is 4.03. The van der Waals surface area contributed by atoms with Gasteiger partial charge in [0.05, 0.1) is 7.11 Å². The van der Waals surface area contributed by atoms with E-state index in [9.17, 15) is 4.79 Å². The fourth-order valence-electron chi connectivity index (χ4n) is 2.80. The molecule has 1 aromatic carbocycles. The molecule has 1 amide bonds. The highest BCUT2D eigenvalue weighted by atomic mass is 16.5. The fraction of sp³-hybridized carbons (Fsp3) is 0.278. The van der Waals surface area contributed by atoms with Gasteiger partial charge in [0.2, 0.25) is 0 Å². The second-order valence-electron chi connectivity index (χ2n) is 5.52. The average Bonchev–Trinajstić information content (AvgIpc) is 3.10. The lowest BCUT2D eigenvalue weighted by molar-refractivity contribution is 0.0773. The van der Waals surface area contributed by atoms with Gasteiger partial charge in [-0.05, 0) is 30.7 Å². The van der Waals surface area contributed by atoms with Gasteiger partial charge < -0.3 is 9.64 Å². The van der Waals surface area contributed by atoms with Crippen LogP contribution in [0.3, 0.4) is 0 Å². The van der Waals surface area contributed by atoms with Crippen LogP contribution < -0.4 is 4.74 Å². The maximum absolute atomic E-state index is 12.7. The first-order chi connectivity index (χ1) is 11.7. The zero-order chi connectivity index (χ0) is 17.1. The summed E-state index contributed by atoms with van der Waals surface area (Å²) in [4.78, 5) is 18.8. The number of carbonyl (C=O) groups excluding carboxylic acids is 1. The van der Waals surface area contributed by atoms with Crippen LogP contribution in [0.2, 0.25) is 0 Å². The summed E-state index contributed by atoms with van der Waals surface area (Å²) in [5.74, 6) is 0.676. The van der Waals surface area contributed by atoms with Crippen molar-refractivity contribution in [3.8, 4) is 5.75 Å². The normalized spacial score (nSPS) is 10.8. The van der Waals surface area contributed by atoms with Gasteiger partial charge in [0.1, 0.15) is 17.0 Å². The first-order valence-electron chi connectivity index (χ1n) is 7.83. The Morgan fingerprint density at radius 2 is 2.08 bits per heavy atom. The highest BCUT2D eigenvalue weighted by Gasteiger charge is 2.17. The monoisotopic (exact) mass is 324 g/mol. The molecule has 6 nitrogen and oxygen atoms in total. The Morgan fingerprint density at radius 3 is 2.83 bits per heavy atom. The van der Waals surface area contributed by atoms with E-state index in [0.29, 0.717) is 18.8 Å². The standard InChI is InChI=1S/C18H20N4O2/c1-4-22-15(9-11-20-22)18(23)21(2)12-13-7-8-16(24-3)17-14(13)6-5-10-19-17/h5-11H,4,12H2,1-3H3. The summed E-state index contributed by atoms with van der Waals surface area (Å²) >= 11 is 0. The number of carbonyl (C=O) groups is 1. The number of aryl methyl sites for hydroxylation is 1. The van der Waals surface area contributed by atoms with Crippen LogP contribution >= 0.6 is 0 Å². The lowest BCUT2D eigenvalue weighted by atomic mass is 10.1. The van der Waals surface area contributed by atoms with Crippen molar-refractivity contribution >= 4 is 16.8 Å². The molecule has 24 heavy (non-hydrogen) atoms. The van der Waals surface area contributed by atoms with E-state index in [4.69, 9.17) is 4.74 Å². The van der Waals surface area contributed by atoms with Crippen molar-refractivity contribution in [3.63, 3.8) is 0 Å². The van der Waals surface area contributed by atoms with Crippen LogP contribution in [0, 0.1) is 0 Å². The summed E-state index contributed by atoms with van der Waals surface area (Å²) in [5, 5.41) is 5.15. The molecule has 6 heteroatoms. The number of fused-ring (bicyclic) bond motifs is 1. The SMILES string of the molecule is CCn1nccc1C(=O)N(C)Cc1ccc(OC)c2ncccc12. The number of pyridine rings is 1. The van der Waals surface area contributed by atoms with Crippen LogP contribution in [0.1, 0.15) is 23.0 Å². The Labute approximate surface area is 140 Å². The number of amides is 1. The summed E-state index contributed by atoms with van der Waals surface area (Å²) in [6.07, 6.45) is 3.39.